The third-order valence-corrected chi connectivity index (χ3v) is 3.06. The van der Waals surface area contributed by atoms with Crippen LogP contribution in [0.4, 0.5) is 0 Å². The molecule has 0 fully saturated rings. The largest absolute Gasteiger partial charge is 0.467 e. The molecule has 2 aromatic heterocycles. The van der Waals surface area contributed by atoms with E-state index in [4.69, 9.17) is 20.4 Å². The smallest absolute Gasteiger partial charge is 0.138 e. The summed E-state index contributed by atoms with van der Waals surface area (Å²) in [4.78, 5) is 0. The molecule has 0 amide bonds. The molecule has 1 N–H and O–H groups in total. The van der Waals surface area contributed by atoms with Crippen molar-refractivity contribution in [2.75, 3.05) is 7.05 Å². The zero-order valence-corrected chi connectivity index (χ0v) is 10.6. The van der Waals surface area contributed by atoms with Crippen molar-refractivity contribution in [3.8, 4) is 11.3 Å². The van der Waals surface area contributed by atoms with E-state index in [1.54, 1.807) is 6.26 Å². The van der Waals surface area contributed by atoms with Crippen molar-refractivity contribution in [1.29, 1.82) is 0 Å². The molecule has 0 spiro atoms. The first-order chi connectivity index (χ1) is 8.78. The van der Waals surface area contributed by atoms with E-state index in [0.717, 1.165) is 28.1 Å². The molecule has 0 atom stereocenters. The van der Waals surface area contributed by atoms with Gasteiger partial charge < -0.3 is 14.2 Å². The van der Waals surface area contributed by atoms with Gasteiger partial charge in [0.15, 0.2) is 0 Å². The van der Waals surface area contributed by atoms with E-state index in [0.29, 0.717) is 11.6 Å². The van der Waals surface area contributed by atoms with E-state index in [1.807, 2.05) is 37.4 Å². The average Bonchev–Trinajstić information content (AvgIpc) is 2.94. The summed E-state index contributed by atoms with van der Waals surface area (Å²) in [6.45, 7) is 0.667. The van der Waals surface area contributed by atoms with Gasteiger partial charge in [0.2, 0.25) is 0 Å². The van der Waals surface area contributed by atoms with Crippen molar-refractivity contribution in [3.05, 3.63) is 47.4 Å². The molecule has 0 aliphatic heterocycles. The lowest BCUT2D eigenvalue weighted by Crippen LogP contribution is -2.04. The van der Waals surface area contributed by atoms with Crippen molar-refractivity contribution in [1.82, 2.24) is 5.32 Å². The van der Waals surface area contributed by atoms with E-state index in [1.165, 1.54) is 0 Å². The standard InChI is InChI=1S/C14H12ClNO2/c1-16-8-14-11(4-5-17-14)13-7-9-6-10(15)2-3-12(9)18-13/h2-7,16H,8H2,1H3. The lowest BCUT2D eigenvalue weighted by atomic mass is 10.2. The predicted molar refractivity (Wildman–Crippen MR) is 71.7 cm³/mol. The Kier molecular flexibility index (Phi) is 2.86. The topological polar surface area (TPSA) is 38.3 Å². The second-order valence-electron chi connectivity index (χ2n) is 4.08. The zero-order chi connectivity index (χ0) is 12.5. The van der Waals surface area contributed by atoms with E-state index in [-0.39, 0.29) is 0 Å². The summed E-state index contributed by atoms with van der Waals surface area (Å²) in [6.07, 6.45) is 1.67. The van der Waals surface area contributed by atoms with Gasteiger partial charge in [-0.1, -0.05) is 11.6 Å². The molecule has 92 valence electrons. The van der Waals surface area contributed by atoms with Gasteiger partial charge >= 0.3 is 0 Å². The Hall–Kier alpha value is -1.71. The first-order valence-electron chi connectivity index (χ1n) is 5.68. The molecule has 3 aromatic rings. The fourth-order valence-corrected chi connectivity index (χ4v) is 2.19. The van der Waals surface area contributed by atoms with E-state index >= 15 is 0 Å². The minimum Gasteiger partial charge on any atom is -0.467 e. The number of benzene rings is 1. The van der Waals surface area contributed by atoms with Gasteiger partial charge in [-0.25, -0.2) is 0 Å². The van der Waals surface area contributed by atoms with Crippen LogP contribution in [0.5, 0.6) is 0 Å². The number of nitrogens with one attached hydrogen (secondary N) is 1. The molecule has 0 aliphatic carbocycles. The molecule has 3 rings (SSSR count). The summed E-state index contributed by atoms with van der Waals surface area (Å²) >= 11 is 5.96. The van der Waals surface area contributed by atoms with Crippen molar-refractivity contribution in [3.63, 3.8) is 0 Å². The molecular weight excluding hydrogens is 250 g/mol. The fraction of sp³-hybridized carbons (Fsp3) is 0.143. The van der Waals surface area contributed by atoms with E-state index in [2.05, 4.69) is 5.32 Å². The summed E-state index contributed by atoms with van der Waals surface area (Å²) in [5.74, 6) is 1.66. The normalized spacial score (nSPS) is 11.2. The Morgan fingerprint density at radius 2 is 2.11 bits per heavy atom. The molecule has 0 aliphatic rings. The molecular formula is C14H12ClNO2. The maximum Gasteiger partial charge on any atom is 0.138 e. The third-order valence-electron chi connectivity index (χ3n) is 2.83. The summed E-state index contributed by atoms with van der Waals surface area (Å²) < 4.78 is 11.2. The highest BCUT2D eigenvalue weighted by molar-refractivity contribution is 6.31. The minimum atomic E-state index is 0.667. The van der Waals surface area contributed by atoms with Crippen LogP contribution in [-0.4, -0.2) is 7.05 Å². The SMILES string of the molecule is CNCc1occc1-c1cc2cc(Cl)ccc2o1. The molecule has 0 bridgehead atoms. The molecule has 0 radical (unpaired) electrons. The van der Waals surface area contributed by atoms with Crippen LogP contribution in [0, 0.1) is 0 Å². The predicted octanol–water partition coefficient (Wildman–Crippen LogP) is 4.07. The first-order valence-corrected chi connectivity index (χ1v) is 6.06. The number of furan rings is 2. The van der Waals surface area contributed by atoms with Crippen molar-refractivity contribution in [2.24, 2.45) is 0 Å². The van der Waals surface area contributed by atoms with Crippen LogP contribution in [0.3, 0.4) is 0 Å². The molecule has 4 heteroatoms. The maximum absolute atomic E-state index is 5.96. The second-order valence-corrected chi connectivity index (χ2v) is 4.52. The van der Waals surface area contributed by atoms with E-state index < -0.39 is 0 Å². The Morgan fingerprint density at radius 3 is 2.94 bits per heavy atom. The Labute approximate surface area is 109 Å². The van der Waals surface area contributed by atoms with Gasteiger partial charge in [0.1, 0.15) is 17.1 Å². The van der Waals surface area contributed by atoms with Gasteiger partial charge in [0.25, 0.3) is 0 Å². The molecule has 0 unspecified atom stereocenters. The van der Waals surface area contributed by atoms with Gasteiger partial charge in [-0.3, -0.25) is 0 Å². The Balaban J connectivity index is 2.10. The minimum absolute atomic E-state index is 0.667. The highest BCUT2D eigenvalue weighted by Crippen LogP contribution is 2.32. The second kappa shape index (κ2) is 4.52. The first kappa shape index (κ1) is 11.4. The maximum atomic E-state index is 5.96. The number of halogens is 1. The number of fused-ring (bicyclic) bond motifs is 1. The Morgan fingerprint density at radius 1 is 1.22 bits per heavy atom. The van der Waals surface area contributed by atoms with Crippen molar-refractivity contribution < 1.29 is 8.83 Å². The molecule has 1 aromatic carbocycles. The Bertz CT molecular complexity index is 684. The number of hydrogen-bond acceptors (Lipinski definition) is 3. The quantitative estimate of drug-likeness (QED) is 0.772. The van der Waals surface area contributed by atoms with Gasteiger partial charge in [-0.15, -0.1) is 0 Å². The fourth-order valence-electron chi connectivity index (χ4n) is 2.00. The number of rotatable bonds is 3. The molecule has 0 saturated carbocycles. The van der Waals surface area contributed by atoms with E-state index in [9.17, 15) is 0 Å². The highest BCUT2D eigenvalue weighted by Gasteiger charge is 2.12. The molecule has 0 saturated heterocycles. The highest BCUT2D eigenvalue weighted by atomic mass is 35.5. The number of hydrogen-bond donors (Lipinski definition) is 1. The van der Waals surface area contributed by atoms with Crippen LogP contribution >= 0.6 is 11.6 Å². The molecule has 3 nitrogen and oxygen atoms in total. The van der Waals surface area contributed by atoms with Crippen molar-refractivity contribution in [2.45, 2.75) is 6.54 Å². The lowest BCUT2D eigenvalue weighted by Gasteiger charge is -1.97. The third kappa shape index (κ3) is 1.92. The average molecular weight is 262 g/mol. The summed E-state index contributed by atoms with van der Waals surface area (Å²) in [5, 5.41) is 4.77. The van der Waals surface area contributed by atoms with Crippen LogP contribution < -0.4 is 5.32 Å². The van der Waals surface area contributed by atoms with Crippen LogP contribution in [0.1, 0.15) is 5.76 Å². The molecule has 18 heavy (non-hydrogen) atoms. The van der Waals surface area contributed by atoms with Crippen LogP contribution in [0.15, 0.2) is 45.4 Å². The van der Waals surface area contributed by atoms with Gasteiger partial charge in [0, 0.05) is 10.4 Å². The van der Waals surface area contributed by atoms with Gasteiger partial charge in [0.05, 0.1) is 18.4 Å². The van der Waals surface area contributed by atoms with Gasteiger partial charge in [-0.05, 0) is 37.4 Å². The van der Waals surface area contributed by atoms with Crippen LogP contribution in [-0.2, 0) is 6.54 Å². The monoisotopic (exact) mass is 261 g/mol. The van der Waals surface area contributed by atoms with Crippen molar-refractivity contribution >= 4 is 22.6 Å². The van der Waals surface area contributed by atoms with Crippen LogP contribution in [0.2, 0.25) is 5.02 Å². The summed E-state index contributed by atoms with van der Waals surface area (Å²) in [5.41, 5.74) is 1.79. The summed E-state index contributed by atoms with van der Waals surface area (Å²) in [6, 6.07) is 9.47. The lowest BCUT2D eigenvalue weighted by molar-refractivity contribution is 0.494. The summed E-state index contributed by atoms with van der Waals surface area (Å²) in [7, 11) is 1.88. The van der Waals surface area contributed by atoms with Crippen LogP contribution in [0.25, 0.3) is 22.3 Å². The zero-order valence-electron chi connectivity index (χ0n) is 9.87. The molecule has 2 heterocycles. The van der Waals surface area contributed by atoms with Gasteiger partial charge in [-0.2, -0.15) is 0 Å².